The highest BCUT2D eigenvalue weighted by Gasteiger charge is 2.00. The Morgan fingerprint density at radius 1 is 1.58 bits per heavy atom. The Morgan fingerprint density at radius 3 is 2.83 bits per heavy atom. The molecule has 0 radical (unpaired) electrons. The summed E-state index contributed by atoms with van der Waals surface area (Å²) in [4.78, 5) is 2.50. The molecule has 1 aromatic rings. The third kappa shape index (κ3) is 1.72. The van der Waals surface area contributed by atoms with Crippen molar-refractivity contribution in [3.63, 3.8) is 0 Å². The topological polar surface area (TPSA) is 69.0 Å². The number of benzene rings is 1. The SMILES string of the molecule is [N-]=[N+]=Nc1ccc(CO)c(F)c1. The molecule has 0 fully saturated rings. The van der Waals surface area contributed by atoms with Crippen LogP contribution in [0.25, 0.3) is 10.4 Å². The van der Waals surface area contributed by atoms with Crippen LogP contribution in [0.1, 0.15) is 5.56 Å². The molecule has 0 aliphatic rings. The summed E-state index contributed by atoms with van der Waals surface area (Å²) in [5.74, 6) is -0.567. The van der Waals surface area contributed by atoms with Gasteiger partial charge in [0.25, 0.3) is 0 Å². The van der Waals surface area contributed by atoms with E-state index in [-0.39, 0.29) is 17.9 Å². The maximum Gasteiger partial charge on any atom is 0.129 e. The fraction of sp³-hybridized carbons (Fsp3) is 0.143. The first-order valence-corrected chi connectivity index (χ1v) is 3.22. The van der Waals surface area contributed by atoms with Crippen LogP contribution in [0.3, 0.4) is 0 Å². The Bertz CT molecular complexity index is 333. The summed E-state index contributed by atoms with van der Waals surface area (Å²) in [7, 11) is 0. The van der Waals surface area contributed by atoms with E-state index in [9.17, 15) is 4.39 Å². The van der Waals surface area contributed by atoms with Crippen molar-refractivity contribution in [1.29, 1.82) is 0 Å². The van der Waals surface area contributed by atoms with Crippen LogP contribution >= 0.6 is 0 Å². The molecule has 0 saturated heterocycles. The largest absolute Gasteiger partial charge is 0.392 e. The molecule has 1 N–H and O–H groups in total. The van der Waals surface area contributed by atoms with E-state index in [0.717, 1.165) is 6.07 Å². The average molecular weight is 167 g/mol. The summed E-state index contributed by atoms with van der Waals surface area (Å²) in [6.45, 7) is -0.359. The molecular weight excluding hydrogens is 161 g/mol. The number of aliphatic hydroxyl groups excluding tert-OH is 1. The van der Waals surface area contributed by atoms with Crippen molar-refractivity contribution in [2.75, 3.05) is 0 Å². The van der Waals surface area contributed by atoms with Crippen LogP contribution in [0.15, 0.2) is 23.3 Å². The van der Waals surface area contributed by atoms with E-state index in [0.29, 0.717) is 0 Å². The minimum atomic E-state index is -0.567. The molecular formula is C7H6FN3O. The van der Waals surface area contributed by atoms with Gasteiger partial charge in [0.05, 0.1) is 6.61 Å². The first-order valence-electron chi connectivity index (χ1n) is 3.22. The summed E-state index contributed by atoms with van der Waals surface area (Å²) in [6.07, 6.45) is 0. The van der Waals surface area contributed by atoms with Crippen LogP contribution in [0.5, 0.6) is 0 Å². The van der Waals surface area contributed by atoms with Crippen LogP contribution < -0.4 is 0 Å². The minimum Gasteiger partial charge on any atom is -0.392 e. The standard InChI is InChI=1S/C7H6FN3O/c8-7-3-6(10-11-9)2-1-5(7)4-12/h1-3,12H,4H2. The lowest BCUT2D eigenvalue weighted by Crippen LogP contribution is -1.87. The zero-order valence-corrected chi connectivity index (χ0v) is 6.11. The molecule has 1 aromatic carbocycles. The number of nitrogens with zero attached hydrogens (tertiary/aromatic N) is 3. The smallest absolute Gasteiger partial charge is 0.129 e. The first-order chi connectivity index (χ1) is 5.77. The molecule has 0 unspecified atom stereocenters. The lowest BCUT2D eigenvalue weighted by molar-refractivity contribution is 0.276. The van der Waals surface area contributed by atoms with E-state index < -0.39 is 5.82 Å². The van der Waals surface area contributed by atoms with E-state index in [1.807, 2.05) is 0 Å². The second-order valence-corrected chi connectivity index (χ2v) is 2.12. The zero-order chi connectivity index (χ0) is 8.97. The lowest BCUT2D eigenvalue weighted by Gasteiger charge is -1.98. The summed E-state index contributed by atoms with van der Waals surface area (Å²) < 4.78 is 12.8. The van der Waals surface area contributed by atoms with Gasteiger partial charge >= 0.3 is 0 Å². The van der Waals surface area contributed by atoms with Gasteiger partial charge in [0, 0.05) is 16.2 Å². The molecule has 62 valence electrons. The molecule has 4 nitrogen and oxygen atoms in total. The molecule has 0 heterocycles. The van der Waals surface area contributed by atoms with Gasteiger partial charge in [0.15, 0.2) is 0 Å². The highest BCUT2D eigenvalue weighted by Crippen LogP contribution is 2.16. The molecule has 0 atom stereocenters. The maximum absolute atomic E-state index is 12.8. The molecule has 5 heteroatoms. The summed E-state index contributed by atoms with van der Waals surface area (Å²) in [5, 5.41) is 11.8. The molecule has 1 rings (SSSR count). The Labute approximate surface area is 67.9 Å². The van der Waals surface area contributed by atoms with E-state index >= 15 is 0 Å². The quantitative estimate of drug-likeness (QED) is 0.409. The zero-order valence-electron chi connectivity index (χ0n) is 6.11. The van der Waals surface area contributed by atoms with Crippen LogP contribution in [0.4, 0.5) is 10.1 Å². The average Bonchev–Trinajstić information content (AvgIpc) is 2.05. The molecule has 0 saturated carbocycles. The van der Waals surface area contributed by atoms with Gasteiger partial charge < -0.3 is 5.11 Å². The van der Waals surface area contributed by atoms with E-state index in [1.165, 1.54) is 12.1 Å². The van der Waals surface area contributed by atoms with E-state index in [2.05, 4.69) is 10.0 Å². The molecule has 0 bridgehead atoms. The molecule has 0 aromatic heterocycles. The van der Waals surface area contributed by atoms with Gasteiger partial charge in [-0.2, -0.15) is 0 Å². The molecule has 12 heavy (non-hydrogen) atoms. The van der Waals surface area contributed by atoms with E-state index in [1.54, 1.807) is 0 Å². The highest BCUT2D eigenvalue weighted by atomic mass is 19.1. The number of hydrogen-bond acceptors (Lipinski definition) is 2. The van der Waals surface area contributed by atoms with Gasteiger partial charge in [-0.3, -0.25) is 0 Å². The third-order valence-electron chi connectivity index (χ3n) is 1.37. The number of azide groups is 1. The number of aliphatic hydroxyl groups is 1. The number of rotatable bonds is 2. The van der Waals surface area contributed by atoms with Gasteiger partial charge in [-0.15, -0.1) is 0 Å². The lowest BCUT2D eigenvalue weighted by atomic mass is 10.2. The second-order valence-electron chi connectivity index (χ2n) is 2.12. The Balaban J connectivity index is 3.09. The summed E-state index contributed by atoms with van der Waals surface area (Å²) in [6, 6.07) is 3.89. The number of hydrogen-bond donors (Lipinski definition) is 1. The van der Waals surface area contributed by atoms with Gasteiger partial charge in [-0.05, 0) is 11.6 Å². The summed E-state index contributed by atoms with van der Waals surface area (Å²) >= 11 is 0. The Hall–Kier alpha value is -1.58. The van der Waals surface area contributed by atoms with Gasteiger partial charge in [-0.25, -0.2) is 4.39 Å². The monoisotopic (exact) mass is 167 g/mol. The van der Waals surface area contributed by atoms with Crippen molar-refractivity contribution in [3.8, 4) is 0 Å². The van der Waals surface area contributed by atoms with Gasteiger partial charge in [-0.1, -0.05) is 17.2 Å². The number of halogens is 1. The molecule has 0 aliphatic carbocycles. The van der Waals surface area contributed by atoms with Crippen molar-refractivity contribution in [2.24, 2.45) is 5.11 Å². The first kappa shape index (κ1) is 8.52. The fourth-order valence-corrected chi connectivity index (χ4v) is 0.778. The van der Waals surface area contributed by atoms with Crippen molar-refractivity contribution in [3.05, 3.63) is 40.0 Å². The van der Waals surface area contributed by atoms with Crippen molar-refractivity contribution >= 4 is 5.69 Å². The second kappa shape index (κ2) is 3.71. The summed E-state index contributed by atoms with van der Waals surface area (Å²) in [5.41, 5.74) is 8.41. The van der Waals surface area contributed by atoms with E-state index in [4.69, 9.17) is 10.6 Å². The molecule has 0 amide bonds. The van der Waals surface area contributed by atoms with Crippen molar-refractivity contribution in [1.82, 2.24) is 0 Å². The van der Waals surface area contributed by atoms with Crippen molar-refractivity contribution in [2.45, 2.75) is 6.61 Å². The molecule has 0 aliphatic heterocycles. The van der Waals surface area contributed by atoms with Crippen molar-refractivity contribution < 1.29 is 9.50 Å². The predicted molar refractivity (Wildman–Crippen MR) is 41.1 cm³/mol. The Morgan fingerprint density at radius 2 is 2.33 bits per heavy atom. The Kier molecular flexibility index (Phi) is 2.63. The normalized spacial score (nSPS) is 9.17. The van der Waals surface area contributed by atoms with Gasteiger partial charge in [0.1, 0.15) is 5.82 Å². The van der Waals surface area contributed by atoms with Crippen LogP contribution in [-0.4, -0.2) is 5.11 Å². The van der Waals surface area contributed by atoms with Crippen LogP contribution in [0.2, 0.25) is 0 Å². The van der Waals surface area contributed by atoms with Gasteiger partial charge in [0.2, 0.25) is 0 Å². The third-order valence-corrected chi connectivity index (χ3v) is 1.37. The van der Waals surface area contributed by atoms with Crippen LogP contribution in [0, 0.1) is 5.82 Å². The minimum absolute atomic E-state index is 0.187. The van der Waals surface area contributed by atoms with Crippen LogP contribution in [-0.2, 0) is 6.61 Å². The maximum atomic E-state index is 12.8. The highest BCUT2D eigenvalue weighted by molar-refractivity contribution is 5.39. The fourth-order valence-electron chi connectivity index (χ4n) is 0.778. The molecule has 0 spiro atoms. The predicted octanol–water partition coefficient (Wildman–Crippen LogP) is 2.26.